The largest absolute Gasteiger partial charge is 0.493 e. The predicted molar refractivity (Wildman–Crippen MR) is 109 cm³/mol. The van der Waals surface area contributed by atoms with Crippen molar-refractivity contribution in [2.24, 2.45) is 5.92 Å². The number of fused-ring (bicyclic) bond motifs is 2. The summed E-state index contributed by atoms with van der Waals surface area (Å²) in [4.78, 5) is 0. The number of methoxy groups -OCH3 is 3. The zero-order valence-corrected chi connectivity index (χ0v) is 17.6. The van der Waals surface area contributed by atoms with Crippen LogP contribution in [0.2, 0.25) is 0 Å². The molecule has 0 radical (unpaired) electrons. The molecule has 0 spiro atoms. The summed E-state index contributed by atoms with van der Waals surface area (Å²) in [5, 5.41) is 12.6. The Balaban J connectivity index is 1.85. The van der Waals surface area contributed by atoms with E-state index in [9.17, 15) is 5.11 Å². The molecule has 162 valence electrons. The second-order valence-corrected chi connectivity index (χ2v) is 7.25. The standard InChI is InChI=1S/C22H27NO7/c1-12-20(13-7-18(25-2)21(27-4)19(8-13)26-3)14-9-16-17(29-11-28-16)10-15(14)30-22(12)23-5-6-24/h7-10,12,20,22-24H,5-6,11H2,1-4H3/t12-,20-,22-/m0/s1. The van der Waals surface area contributed by atoms with E-state index in [-0.39, 0.29) is 31.5 Å². The van der Waals surface area contributed by atoms with E-state index >= 15 is 0 Å². The van der Waals surface area contributed by atoms with E-state index in [1.807, 2.05) is 24.3 Å². The van der Waals surface area contributed by atoms with Crippen LogP contribution in [0.15, 0.2) is 24.3 Å². The molecule has 2 aromatic carbocycles. The Morgan fingerprint density at radius 3 is 2.23 bits per heavy atom. The van der Waals surface area contributed by atoms with Crippen LogP contribution in [0, 0.1) is 5.92 Å². The third kappa shape index (κ3) is 3.46. The summed E-state index contributed by atoms with van der Waals surface area (Å²) < 4.78 is 34.0. The molecule has 0 fully saturated rings. The van der Waals surface area contributed by atoms with Crippen LogP contribution in [0.25, 0.3) is 0 Å². The summed E-state index contributed by atoms with van der Waals surface area (Å²) in [6, 6.07) is 7.77. The van der Waals surface area contributed by atoms with E-state index in [1.54, 1.807) is 21.3 Å². The normalized spacial score (nSPS) is 21.6. The molecule has 0 aromatic heterocycles. The topological polar surface area (TPSA) is 87.6 Å². The molecule has 2 aliphatic rings. The molecule has 0 unspecified atom stereocenters. The van der Waals surface area contributed by atoms with Gasteiger partial charge in [-0.25, -0.2) is 0 Å². The second-order valence-electron chi connectivity index (χ2n) is 7.25. The molecule has 0 aliphatic carbocycles. The van der Waals surface area contributed by atoms with Gasteiger partial charge in [-0.3, -0.25) is 5.32 Å². The van der Waals surface area contributed by atoms with Gasteiger partial charge in [0.2, 0.25) is 12.5 Å². The molecule has 2 heterocycles. The fraction of sp³-hybridized carbons (Fsp3) is 0.455. The minimum atomic E-state index is -0.297. The number of hydrogen-bond donors (Lipinski definition) is 2. The van der Waals surface area contributed by atoms with Gasteiger partial charge in [-0.15, -0.1) is 0 Å². The molecule has 8 heteroatoms. The van der Waals surface area contributed by atoms with Gasteiger partial charge in [0.05, 0.1) is 27.9 Å². The van der Waals surface area contributed by atoms with Gasteiger partial charge in [0.15, 0.2) is 29.2 Å². The average Bonchev–Trinajstić information content (AvgIpc) is 3.22. The molecule has 0 amide bonds. The van der Waals surface area contributed by atoms with Crippen molar-refractivity contribution in [3.63, 3.8) is 0 Å². The Morgan fingerprint density at radius 1 is 0.967 bits per heavy atom. The average molecular weight is 417 g/mol. The molecule has 8 nitrogen and oxygen atoms in total. The number of rotatable bonds is 7. The third-order valence-electron chi connectivity index (χ3n) is 5.60. The number of ether oxygens (including phenoxy) is 6. The molecule has 2 aromatic rings. The van der Waals surface area contributed by atoms with Crippen molar-refractivity contribution in [3.8, 4) is 34.5 Å². The van der Waals surface area contributed by atoms with Crippen molar-refractivity contribution in [1.82, 2.24) is 5.32 Å². The number of benzene rings is 2. The predicted octanol–water partition coefficient (Wildman–Crippen LogP) is 2.51. The van der Waals surface area contributed by atoms with Crippen LogP contribution in [-0.4, -0.2) is 52.6 Å². The lowest BCUT2D eigenvalue weighted by molar-refractivity contribution is 0.0742. The van der Waals surface area contributed by atoms with Crippen molar-refractivity contribution < 1.29 is 33.5 Å². The maximum Gasteiger partial charge on any atom is 0.231 e. The van der Waals surface area contributed by atoms with Crippen LogP contribution < -0.4 is 33.7 Å². The van der Waals surface area contributed by atoms with E-state index in [0.29, 0.717) is 41.0 Å². The molecule has 0 bridgehead atoms. The summed E-state index contributed by atoms with van der Waals surface area (Å²) in [6.07, 6.45) is -0.297. The molecule has 2 aliphatic heterocycles. The van der Waals surface area contributed by atoms with Crippen molar-refractivity contribution in [3.05, 3.63) is 35.4 Å². The minimum absolute atomic E-state index is 0.0232. The Labute approximate surface area is 175 Å². The van der Waals surface area contributed by atoms with E-state index in [4.69, 9.17) is 28.4 Å². The number of hydrogen-bond acceptors (Lipinski definition) is 8. The molecule has 0 saturated carbocycles. The molecular formula is C22H27NO7. The molecule has 30 heavy (non-hydrogen) atoms. The first-order valence-electron chi connectivity index (χ1n) is 9.85. The van der Waals surface area contributed by atoms with E-state index in [2.05, 4.69) is 12.2 Å². The van der Waals surface area contributed by atoms with E-state index in [1.165, 1.54) is 0 Å². The van der Waals surface area contributed by atoms with Crippen molar-refractivity contribution in [2.45, 2.75) is 19.1 Å². The van der Waals surface area contributed by atoms with Crippen molar-refractivity contribution >= 4 is 0 Å². The lowest BCUT2D eigenvalue weighted by Gasteiger charge is -2.39. The zero-order chi connectivity index (χ0) is 21.3. The molecule has 4 rings (SSSR count). The van der Waals surface area contributed by atoms with Gasteiger partial charge < -0.3 is 33.5 Å². The molecule has 2 N–H and O–H groups in total. The minimum Gasteiger partial charge on any atom is -0.493 e. The first-order valence-corrected chi connectivity index (χ1v) is 9.85. The Hall–Kier alpha value is -2.84. The zero-order valence-electron chi connectivity index (χ0n) is 17.6. The van der Waals surface area contributed by atoms with Gasteiger partial charge in [0.25, 0.3) is 0 Å². The summed E-state index contributed by atoms with van der Waals surface area (Å²) in [5.41, 5.74) is 1.99. The van der Waals surface area contributed by atoms with Crippen LogP contribution in [0.5, 0.6) is 34.5 Å². The monoisotopic (exact) mass is 417 g/mol. The van der Waals surface area contributed by atoms with E-state index < -0.39 is 0 Å². The Morgan fingerprint density at radius 2 is 1.63 bits per heavy atom. The Kier molecular flexibility index (Phi) is 5.78. The van der Waals surface area contributed by atoms with Crippen LogP contribution in [0.4, 0.5) is 0 Å². The molecular weight excluding hydrogens is 390 g/mol. The maximum atomic E-state index is 9.28. The highest BCUT2D eigenvalue weighted by Gasteiger charge is 2.38. The lowest BCUT2D eigenvalue weighted by atomic mass is 9.78. The van der Waals surface area contributed by atoms with Crippen LogP contribution >= 0.6 is 0 Å². The third-order valence-corrected chi connectivity index (χ3v) is 5.60. The number of nitrogens with one attached hydrogen (secondary N) is 1. The van der Waals surface area contributed by atoms with Gasteiger partial charge in [-0.2, -0.15) is 0 Å². The van der Waals surface area contributed by atoms with Gasteiger partial charge in [0, 0.05) is 30.0 Å². The number of aliphatic hydroxyl groups is 1. The highest BCUT2D eigenvalue weighted by Crippen LogP contribution is 2.51. The summed E-state index contributed by atoms with van der Waals surface area (Å²) in [7, 11) is 4.79. The molecule has 3 atom stereocenters. The highest BCUT2D eigenvalue weighted by atomic mass is 16.7. The SMILES string of the molecule is COc1cc([C@H]2c3cc4c(cc3O[C@H](NCCO)[C@H]2C)OCO4)cc(OC)c1OC. The van der Waals surface area contributed by atoms with Gasteiger partial charge >= 0.3 is 0 Å². The first kappa shape index (κ1) is 20.4. The summed E-state index contributed by atoms with van der Waals surface area (Å²) in [5.74, 6) is 3.79. The molecule has 0 saturated heterocycles. The fourth-order valence-electron chi connectivity index (χ4n) is 4.18. The van der Waals surface area contributed by atoms with Gasteiger partial charge in [0.1, 0.15) is 5.75 Å². The summed E-state index contributed by atoms with van der Waals surface area (Å²) in [6.45, 7) is 2.75. The lowest BCUT2D eigenvalue weighted by Crippen LogP contribution is -2.46. The van der Waals surface area contributed by atoms with Gasteiger partial charge in [-0.1, -0.05) is 6.92 Å². The van der Waals surface area contributed by atoms with Crippen LogP contribution in [0.1, 0.15) is 24.0 Å². The Bertz CT molecular complexity index is 892. The quantitative estimate of drug-likeness (QED) is 0.711. The second kappa shape index (κ2) is 8.49. The van der Waals surface area contributed by atoms with Gasteiger partial charge in [-0.05, 0) is 23.8 Å². The number of aliphatic hydroxyl groups excluding tert-OH is 1. The van der Waals surface area contributed by atoms with E-state index in [0.717, 1.165) is 11.1 Å². The first-order chi connectivity index (χ1) is 14.6. The van der Waals surface area contributed by atoms with Crippen molar-refractivity contribution in [2.75, 3.05) is 41.3 Å². The smallest absolute Gasteiger partial charge is 0.231 e. The van der Waals surface area contributed by atoms with Crippen LogP contribution in [0.3, 0.4) is 0 Å². The fourth-order valence-corrected chi connectivity index (χ4v) is 4.18. The van der Waals surface area contributed by atoms with Crippen LogP contribution in [-0.2, 0) is 0 Å². The summed E-state index contributed by atoms with van der Waals surface area (Å²) >= 11 is 0. The highest BCUT2D eigenvalue weighted by molar-refractivity contribution is 5.60. The maximum absolute atomic E-state index is 9.28. The van der Waals surface area contributed by atoms with Crippen molar-refractivity contribution in [1.29, 1.82) is 0 Å².